The number of carboxylic acid groups (broad SMARTS) is 1. The molecule has 1 amide bonds. The fourth-order valence-corrected chi connectivity index (χ4v) is 3.13. The third-order valence-corrected chi connectivity index (χ3v) is 4.18. The molecule has 16 heavy (non-hydrogen) atoms. The van der Waals surface area contributed by atoms with Crippen LogP contribution in [-0.4, -0.2) is 58.0 Å². The van der Waals surface area contributed by atoms with Gasteiger partial charge in [0, 0.05) is 30.2 Å². The topological polar surface area (TPSA) is 57.6 Å². The summed E-state index contributed by atoms with van der Waals surface area (Å²) in [6.07, 6.45) is 2.55. The van der Waals surface area contributed by atoms with Crippen LogP contribution in [0.2, 0.25) is 0 Å². The Morgan fingerprint density at radius 3 is 2.94 bits per heavy atom. The Bertz CT molecular complexity index is 260. The van der Waals surface area contributed by atoms with Gasteiger partial charge in [0.15, 0.2) is 0 Å². The van der Waals surface area contributed by atoms with Crippen molar-refractivity contribution in [3.63, 3.8) is 0 Å². The van der Waals surface area contributed by atoms with E-state index in [2.05, 4.69) is 0 Å². The fourth-order valence-electron chi connectivity index (χ4n) is 1.69. The van der Waals surface area contributed by atoms with Crippen LogP contribution in [-0.2, 0) is 9.59 Å². The summed E-state index contributed by atoms with van der Waals surface area (Å²) in [7, 11) is 0. The lowest BCUT2D eigenvalue weighted by Crippen LogP contribution is -2.47. The summed E-state index contributed by atoms with van der Waals surface area (Å²) < 4.78 is 0. The van der Waals surface area contributed by atoms with Crippen LogP contribution in [0.5, 0.6) is 0 Å². The van der Waals surface area contributed by atoms with E-state index in [9.17, 15) is 9.59 Å². The minimum Gasteiger partial charge on any atom is -0.481 e. The van der Waals surface area contributed by atoms with Gasteiger partial charge in [-0.3, -0.25) is 9.59 Å². The SMILES string of the molecule is CSCCC(=O)N1CCSCC1CC(=O)O. The molecule has 1 N–H and O–H groups in total. The van der Waals surface area contributed by atoms with Crippen molar-refractivity contribution in [1.29, 1.82) is 0 Å². The van der Waals surface area contributed by atoms with E-state index in [1.165, 1.54) is 0 Å². The Hall–Kier alpha value is -0.360. The van der Waals surface area contributed by atoms with Crippen LogP contribution in [0.15, 0.2) is 0 Å². The first-order chi connectivity index (χ1) is 7.65. The third-order valence-electron chi connectivity index (χ3n) is 2.48. The second kappa shape index (κ2) is 7.06. The smallest absolute Gasteiger partial charge is 0.305 e. The monoisotopic (exact) mass is 263 g/mol. The van der Waals surface area contributed by atoms with Crippen molar-refractivity contribution < 1.29 is 14.7 Å². The van der Waals surface area contributed by atoms with Gasteiger partial charge in [-0.15, -0.1) is 0 Å². The number of nitrogens with zero attached hydrogens (tertiary/aromatic N) is 1. The summed E-state index contributed by atoms with van der Waals surface area (Å²) >= 11 is 3.37. The summed E-state index contributed by atoms with van der Waals surface area (Å²) in [6, 6.07) is -0.120. The Balaban J connectivity index is 2.51. The van der Waals surface area contributed by atoms with Crippen molar-refractivity contribution in [3.05, 3.63) is 0 Å². The molecule has 1 rings (SSSR count). The van der Waals surface area contributed by atoms with Gasteiger partial charge in [-0.05, 0) is 6.26 Å². The van der Waals surface area contributed by atoms with Crippen LogP contribution in [0.3, 0.4) is 0 Å². The minimum absolute atomic E-state index is 0.0675. The first kappa shape index (κ1) is 13.7. The van der Waals surface area contributed by atoms with Gasteiger partial charge in [0.2, 0.25) is 5.91 Å². The van der Waals surface area contributed by atoms with Gasteiger partial charge in [0.1, 0.15) is 0 Å². The van der Waals surface area contributed by atoms with Crippen LogP contribution >= 0.6 is 23.5 Å². The number of carbonyl (C=O) groups is 2. The largest absolute Gasteiger partial charge is 0.481 e. The molecule has 0 aromatic carbocycles. The number of carbonyl (C=O) groups excluding carboxylic acids is 1. The van der Waals surface area contributed by atoms with Gasteiger partial charge in [0.05, 0.1) is 12.5 Å². The molecule has 0 aromatic heterocycles. The molecule has 0 radical (unpaired) electrons. The van der Waals surface area contributed by atoms with Crippen molar-refractivity contribution in [3.8, 4) is 0 Å². The van der Waals surface area contributed by atoms with Gasteiger partial charge in [-0.1, -0.05) is 0 Å². The zero-order valence-corrected chi connectivity index (χ0v) is 11.0. The van der Waals surface area contributed by atoms with E-state index in [-0.39, 0.29) is 18.4 Å². The minimum atomic E-state index is -0.824. The molecule has 4 nitrogen and oxygen atoms in total. The predicted molar refractivity (Wildman–Crippen MR) is 68.1 cm³/mol. The number of hydrogen-bond donors (Lipinski definition) is 1. The fraction of sp³-hybridized carbons (Fsp3) is 0.800. The third kappa shape index (κ3) is 4.25. The summed E-state index contributed by atoms with van der Waals surface area (Å²) in [6.45, 7) is 0.690. The molecular weight excluding hydrogens is 246 g/mol. The van der Waals surface area contributed by atoms with Gasteiger partial charge in [-0.2, -0.15) is 23.5 Å². The van der Waals surface area contributed by atoms with Gasteiger partial charge >= 0.3 is 5.97 Å². The normalized spacial score (nSPS) is 20.8. The standard InChI is InChI=1S/C10H17NO3S2/c1-15-4-2-9(12)11-3-5-16-7-8(11)6-10(13)14/h8H,2-7H2,1H3,(H,13,14). The Kier molecular flexibility index (Phi) is 6.05. The lowest BCUT2D eigenvalue weighted by molar-refractivity contribution is -0.140. The number of aliphatic carboxylic acids is 1. The second-order valence-electron chi connectivity index (χ2n) is 3.66. The highest BCUT2D eigenvalue weighted by Gasteiger charge is 2.28. The molecule has 1 fully saturated rings. The number of hydrogen-bond acceptors (Lipinski definition) is 4. The number of amides is 1. The second-order valence-corrected chi connectivity index (χ2v) is 5.79. The zero-order chi connectivity index (χ0) is 12.0. The van der Waals surface area contributed by atoms with Crippen LogP contribution in [0, 0.1) is 0 Å². The van der Waals surface area contributed by atoms with E-state index in [1.807, 2.05) is 6.26 Å². The van der Waals surface area contributed by atoms with Crippen molar-refractivity contribution in [2.24, 2.45) is 0 Å². The maximum atomic E-state index is 11.9. The number of carboxylic acids is 1. The predicted octanol–water partition coefficient (Wildman–Crippen LogP) is 1.16. The van der Waals surface area contributed by atoms with E-state index in [1.54, 1.807) is 28.4 Å². The van der Waals surface area contributed by atoms with Crippen molar-refractivity contribution in [2.45, 2.75) is 18.9 Å². The molecule has 1 aliphatic heterocycles. The quantitative estimate of drug-likeness (QED) is 0.806. The summed E-state index contributed by atoms with van der Waals surface area (Å²) in [5.74, 6) is 1.75. The maximum Gasteiger partial charge on any atom is 0.305 e. The van der Waals surface area contributed by atoms with Crippen LogP contribution in [0.4, 0.5) is 0 Å². The van der Waals surface area contributed by atoms with E-state index < -0.39 is 5.97 Å². The molecule has 1 aliphatic rings. The van der Waals surface area contributed by atoms with Crippen LogP contribution < -0.4 is 0 Å². The average Bonchev–Trinajstić information content (AvgIpc) is 2.26. The molecule has 0 bridgehead atoms. The van der Waals surface area contributed by atoms with Gasteiger partial charge in [0.25, 0.3) is 0 Å². The molecule has 1 heterocycles. The average molecular weight is 263 g/mol. The molecule has 1 saturated heterocycles. The Morgan fingerprint density at radius 1 is 1.56 bits per heavy atom. The first-order valence-electron chi connectivity index (χ1n) is 5.23. The zero-order valence-electron chi connectivity index (χ0n) is 9.35. The lowest BCUT2D eigenvalue weighted by atomic mass is 10.2. The molecule has 0 spiro atoms. The highest BCUT2D eigenvalue weighted by Crippen LogP contribution is 2.20. The highest BCUT2D eigenvalue weighted by molar-refractivity contribution is 7.99. The highest BCUT2D eigenvalue weighted by atomic mass is 32.2. The summed E-state index contributed by atoms with van der Waals surface area (Å²) in [5.41, 5.74) is 0. The summed E-state index contributed by atoms with van der Waals surface area (Å²) in [5, 5.41) is 8.79. The first-order valence-corrected chi connectivity index (χ1v) is 7.78. The molecule has 0 saturated carbocycles. The van der Waals surface area contributed by atoms with E-state index in [0.717, 1.165) is 17.3 Å². The molecular formula is C10H17NO3S2. The molecule has 1 atom stereocenters. The lowest BCUT2D eigenvalue weighted by Gasteiger charge is -2.34. The molecule has 0 aliphatic carbocycles. The van der Waals surface area contributed by atoms with E-state index in [4.69, 9.17) is 5.11 Å². The van der Waals surface area contributed by atoms with Gasteiger partial charge < -0.3 is 10.0 Å². The van der Waals surface area contributed by atoms with Crippen LogP contribution in [0.1, 0.15) is 12.8 Å². The van der Waals surface area contributed by atoms with Crippen molar-refractivity contribution >= 4 is 35.4 Å². The Labute approximate surface area is 104 Å². The van der Waals surface area contributed by atoms with E-state index >= 15 is 0 Å². The van der Waals surface area contributed by atoms with Crippen molar-refractivity contribution in [1.82, 2.24) is 4.90 Å². The Morgan fingerprint density at radius 2 is 2.31 bits per heavy atom. The molecule has 92 valence electrons. The molecule has 0 aromatic rings. The van der Waals surface area contributed by atoms with Crippen LogP contribution in [0.25, 0.3) is 0 Å². The molecule has 6 heteroatoms. The van der Waals surface area contributed by atoms with Gasteiger partial charge in [-0.25, -0.2) is 0 Å². The number of rotatable bonds is 5. The maximum absolute atomic E-state index is 11.9. The number of thioether (sulfide) groups is 2. The van der Waals surface area contributed by atoms with Crippen molar-refractivity contribution in [2.75, 3.05) is 30.1 Å². The molecule has 1 unspecified atom stereocenters. The summed E-state index contributed by atoms with van der Waals surface area (Å²) in [4.78, 5) is 24.3. The van der Waals surface area contributed by atoms with E-state index in [0.29, 0.717) is 13.0 Å².